The Morgan fingerprint density at radius 3 is 2.94 bits per heavy atom. The SMILES string of the molecule is BrCc1c(-n2cc(I)cn2)nc2ccccn12. The topological polar surface area (TPSA) is 35.1 Å². The van der Waals surface area contributed by atoms with E-state index in [-0.39, 0.29) is 0 Å². The molecule has 0 aliphatic carbocycles. The monoisotopic (exact) mass is 402 g/mol. The number of halogens is 2. The number of alkyl halides is 1. The first-order chi connectivity index (χ1) is 8.29. The molecule has 0 atom stereocenters. The molecule has 3 aromatic rings. The van der Waals surface area contributed by atoms with E-state index in [0.29, 0.717) is 0 Å². The average Bonchev–Trinajstić information content (AvgIpc) is 2.91. The fraction of sp³-hybridized carbons (Fsp3) is 0.0909. The fourth-order valence-corrected chi connectivity index (χ4v) is 2.67. The summed E-state index contributed by atoms with van der Waals surface area (Å²) in [4.78, 5) is 4.60. The molecule has 4 nitrogen and oxygen atoms in total. The Bertz CT molecular complexity index is 673. The van der Waals surface area contributed by atoms with E-state index in [0.717, 1.165) is 26.1 Å². The third-order valence-electron chi connectivity index (χ3n) is 2.50. The summed E-state index contributed by atoms with van der Waals surface area (Å²) < 4.78 is 4.98. The molecule has 0 N–H and O–H groups in total. The number of nitrogens with zero attached hydrogens (tertiary/aromatic N) is 4. The molecular weight excluding hydrogens is 395 g/mol. The summed E-state index contributed by atoms with van der Waals surface area (Å²) in [7, 11) is 0. The fourth-order valence-electron chi connectivity index (χ4n) is 1.76. The highest BCUT2D eigenvalue weighted by molar-refractivity contribution is 14.1. The minimum Gasteiger partial charge on any atom is -0.301 e. The van der Waals surface area contributed by atoms with Crippen molar-refractivity contribution in [3.8, 4) is 5.82 Å². The molecule has 17 heavy (non-hydrogen) atoms. The van der Waals surface area contributed by atoms with Crippen LogP contribution in [-0.4, -0.2) is 19.2 Å². The number of hydrogen-bond acceptors (Lipinski definition) is 2. The molecule has 0 saturated heterocycles. The Kier molecular flexibility index (Phi) is 2.91. The van der Waals surface area contributed by atoms with Crippen molar-refractivity contribution in [3.63, 3.8) is 0 Å². The van der Waals surface area contributed by atoms with Gasteiger partial charge >= 0.3 is 0 Å². The first kappa shape index (κ1) is 11.2. The van der Waals surface area contributed by atoms with Gasteiger partial charge in [0.1, 0.15) is 5.65 Å². The van der Waals surface area contributed by atoms with Gasteiger partial charge in [0.05, 0.1) is 15.5 Å². The third-order valence-corrected chi connectivity index (χ3v) is 3.59. The van der Waals surface area contributed by atoms with Gasteiger partial charge in [-0.25, -0.2) is 9.67 Å². The molecule has 86 valence electrons. The quantitative estimate of drug-likeness (QED) is 0.488. The number of pyridine rings is 1. The molecule has 0 saturated carbocycles. The minimum atomic E-state index is 0.740. The highest BCUT2D eigenvalue weighted by atomic mass is 127. The van der Waals surface area contributed by atoms with Crippen LogP contribution < -0.4 is 0 Å². The molecular formula is C11H8BrIN4. The van der Waals surface area contributed by atoms with Gasteiger partial charge in [-0.1, -0.05) is 22.0 Å². The molecule has 0 aliphatic heterocycles. The number of imidazole rings is 1. The van der Waals surface area contributed by atoms with Crippen LogP contribution in [0.3, 0.4) is 0 Å². The van der Waals surface area contributed by atoms with Crippen LogP contribution in [0.5, 0.6) is 0 Å². The van der Waals surface area contributed by atoms with Gasteiger partial charge in [0.2, 0.25) is 0 Å². The van der Waals surface area contributed by atoms with Crippen LogP contribution in [0, 0.1) is 3.57 Å². The Morgan fingerprint density at radius 1 is 1.35 bits per heavy atom. The number of aromatic nitrogens is 4. The maximum atomic E-state index is 4.60. The summed E-state index contributed by atoms with van der Waals surface area (Å²) in [5.41, 5.74) is 2.03. The highest BCUT2D eigenvalue weighted by Gasteiger charge is 2.12. The molecule has 0 bridgehead atoms. The van der Waals surface area contributed by atoms with Gasteiger partial charge in [0.15, 0.2) is 5.82 Å². The molecule has 0 amide bonds. The second kappa shape index (κ2) is 4.41. The maximum absolute atomic E-state index is 4.60. The van der Waals surface area contributed by atoms with E-state index in [4.69, 9.17) is 0 Å². The zero-order valence-corrected chi connectivity index (χ0v) is 12.5. The van der Waals surface area contributed by atoms with Crippen molar-refractivity contribution in [1.29, 1.82) is 0 Å². The molecule has 3 aromatic heterocycles. The van der Waals surface area contributed by atoms with Gasteiger partial charge in [0, 0.05) is 17.7 Å². The largest absolute Gasteiger partial charge is 0.301 e. The van der Waals surface area contributed by atoms with Crippen molar-refractivity contribution in [3.05, 3.63) is 46.1 Å². The molecule has 0 fully saturated rings. The molecule has 0 unspecified atom stereocenters. The van der Waals surface area contributed by atoms with Crippen LogP contribution in [0.15, 0.2) is 36.8 Å². The van der Waals surface area contributed by atoms with Gasteiger partial charge in [-0.15, -0.1) is 0 Å². The predicted molar refractivity (Wildman–Crippen MR) is 77.7 cm³/mol. The zero-order chi connectivity index (χ0) is 11.8. The van der Waals surface area contributed by atoms with Crippen molar-refractivity contribution < 1.29 is 0 Å². The normalized spacial score (nSPS) is 11.2. The van der Waals surface area contributed by atoms with Crippen LogP contribution in [0.25, 0.3) is 11.5 Å². The van der Waals surface area contributed by atoms with Crippen LogP contribution in [0.2, 0.25) is 0 Å². The van der Waals surface area contributed by atoms with Crippen LogP contribution in [0.4, 0.5) is 0 Å². The summed E-state index contributed by atoms with van der Waals surface area (Å²) in [6.07, 6.45) is 5.80. The Labute approximate surface area is 120 Å². The number of rotatable bonds is 2. The lowest BCUT2D eigenvalue weighted by Crippen LogP contribution is -1.99. The Hall–Kier alpha value is -0.890. The first-order valence-corrected chi connectivity index (χ1v) is 7.22. The van der Waals surface area contributed by atoms with Crippen molar-refractivity contribution in [2.24, 2.45) is 0 Å². The third kappa shape index (κ3) is 1.89. The lowest BCUT2D eigenvalue weighted by molar-refractivity contribution is 0.844. The van der Waals surface area contributed by atoms with Gasteiger partial charge < -0.3 is 4.40 Å². The van der Waals surface area contributed by atoms with Gasteiger partial charge in [-0.2, -0.15) is 5.10 Å². The van der Waals surface area contributed by atoms with Crippen LogP contribution in [0.1, 0.15) is 5.69 Å². The molecule has 0 aliphatic rings. The van der Waals surface area contributed by atoms with E-state index in [1.807, 2.05) is 41.5 Å². The predicted octanol–water partition coefficient (Wildman–Crippen LogP) is 3.02. The Balaban J connectivity index is 2.29. The van der Waals surface area contributed by atoms with Gasteiger partial charge in [-0.05, 0) is 34.7 Å². The van der Waals surface area contributed by atoms with Crippen LogP contribution >= 0.6 is 38.5 Å². The van der Waals surface area contributed by atoms with Gasteiger partial charge in [-0.3, -0.25) is 0 Å². The van der Waals surface area contributed by atoms with E-state index in [1.54, 1.807) is 0 Å². The smallest absolute Gasteiger partial charge is 0.176 e. The minimum absolute atomic E-state index is 0.740. The number of fused-ring (bicyclic) bond motifs is 1. The molecule has 3 heterocycles. The second-order valence-corrected chi connectivity index (χ2v) is 5.35. The van der Waals surface area contributed by atoms with E-state index < -0.39 is 0 Å². The van der Waals surface area contributed by atoms with Crippen molar-refractivity contribution in [1.82, 2.24) is 19.2 Å². The van der Waals surface area contributed by atoms with E-state index >= 15 is 0 Å². The molecule has 0 spiro atoms. The lowest BCUT2D eigenvalue weighted by Gasteiger charge is -2.00. The summed E-state index contributed by atoms with van der Waals surface area (Å²) in [6.45, 7) is 0. The summed E-state index contributed by atoms with van der Waals surface area (Å²) >= 11 is 5.75. The average molecular weight is 403 g/mol. The standard InChI is InChI=1S/C11H8BrIN4/c12-5-9-11(17-7-8(13)6-14-17)15-10-3-1-2-4-16(9)10/h1-4,6-7H,5H2. The first-order valence-electron chi connectivity index (χ1n) is 5.02. The van der Waals surface area contributed by atoms with Gasteiger partial charge in [0.25, 0.3) is 0 Å². The zero-order valence-electron chi connectivity index (χ0n) is 8.72. The van der Waals surface area contributed by atoms with Crippen LogP contribution in [-0.2, 0) is 5.33 Å². The van der Waals surface area contributed by atoms with Crippen molar-refractivity contribution in [2.45, 2.75) is 5.33 Å². The van der Waals surface area contributed by atoms with E-state index in [9.17, 15) is 0 Å². The van der Waals surface area contributed by atoms with Crippen molar-refractivity contribution >= 4 is 44.2 Å². The Morgan fingerprint density at radius 2 is 2.24 bits per heavy atom. The highest BCUT2D eigenvalue weighted by Crippen LogP contribution is 2.19. The second-order valence-electron chi connectivity index (χ2n) is 3.55. The summed E-state index contributed by atoms with van der Waals surface area (Å²) in [5.74, 6) is 0.871. The van der Waals surface area contributed by atoms with E-state index in [2.05, 4.69) is 53.0 Å². The molecule has 0 radical (unpaired) electrons. The molecule has 6 heteroatoms. The number of hydrogen-bond donors (Lipinski definition) is 0. The maximum Gasteiger partial charge on any atom is 0.176 e. The lowest BCUT2D eigenvalue weighted by atomic mass is 10.4. The summed E-state index contributed by atoms with van der Waals surface area (Å²) in [6, 6.07) is 5.97. The summed E-state index contributed by atoms with van der Waals surface area (Å²) in [5, 5.41) is 5.04. The van der Waals surface area contributed by atoms with E-state index in [1.165, 1.54) is 0 Å². The molecule has 0 aromatic carbocycles. The molecule has 3 rings (SSSR count). The van der Waals surface area contributed by atoms with Crippen molar-refractivity contribution in [2.75, 3.05) is 0 Å².